The molecule has 0 aromatic heterocycles. The smallest absolute Gasteiger partial charge is 0.194 e. The molecule has 134 valence electrons. The summed E-state index contributed by atoms with van der Waals surface area (Å²) in [7, 11) is 0. The minimum Gasteiger partial charge on any atom is -0.377 e. The molecule has 1 N–H and O–H groups in total. The molecule has 0 spiro atoms. The van der Waals surface area contributed by atoms with Crippen molar-refractivity contribution in [1.29, 1.82) is 0 Å². The topological polar surface area (TPSA) is 36.9 Å². The summed E-state index contributed by atoms with van der Waals surface area (Å²) in [6.45, 7) is 15.6. The third-order valence-electron chi connectivity index (χ3n) is 5.86. The number of likely N-dealkylation sites (tertiary alicyclic amines) is 1. The summed E-state index contributed by atoms with van der Waals surface area (Å²) in [5, 5.41) is 3.82. The average molecular weight is 435 g/mol. The average Bonchev–Trinajstić information content (AvgIpc) is 2.89. The lowest BCUT2D eigenvalue weighted by Crippen LogP contribution is -2.68. The van der Waals surface area contributed by atoms with Gasteiger partial charge in [-0.05, 0) is 31.6 Å². The van der Waals surface area contributed by atoms with E-state index in [9.17, 15) is 0 Å². The first-order valence-corrected chi connectivity index (χ1v) is 9.11. The van der Waals surface area contributed by atoms with Crippen LogP contribution in [0, 0.1) is 23.2 Å². The highest BCUT2D eigenvalue weighted by Gasteiger charge is 2.59. The predicted octanol–water partition coefficient (Wildman–Crippen LogP) is 3.36. The number of fused-ring (bicyclic) bond motifs is 1. The number of nitrogens with one attached hydrogen (secondary N) is 1. The molecule has 0 aromatic carbocycles. The minimum atomic E-state index is 0. The number of nitrogens with zero attached hydrogens (tertiary/aromatic N) is 2. The van der Waals surface area contributed by atoms with E-state index in [1.807, 2.05) is 0 Å². The van der Waals surface area contributed by atoms with Crippen LogP contribution in [0.5, 0.6) is 0 Å². The molecule has 5 unspecified atom stereocenters. The third kappa shape index (κ3) is 3.65. The van der Waals surface area contributed by atoms with Crippen molar-refractivity contribution in [3.63, 3.8) is 0 Å². The van der Waals surface area contributed by atoms with Gasteiger partial charge in [0.25, 0.3) is 0 Å². The normalized spacial score (nSPS) is 39.3. The Hall–Kier alpha value is -0.0400. The molecule has 3 fully saturated rings. The number of ether oxygens (including phenoxy) is 1. The Morgan fingerprint density at radius 1 is 1.26 bits per heavy atom. The SMILES string of the molecule is CCN=C(NC1C2CCOC2C1(C)C)N1CC(C)CC(C)C1.I. The molecule has 3 rings (SSSR count). The summed E-state index contributed by atoms with van der Waals surface area (Å²) in [6, 6.07) is 0.498. The minimum absolute atomic E-state index is 0. The van der Waals surface area contributed by atoms with Crippen molar-refractivity contribution in [2.75, 3.05) is 26.2 Å². The second-order valence-electron chi connectivity index (χ2n) is 8.34. The quantitative estimate of drug-likeness (QED) is 0.411. The third-order valence-corrected chi connectivity index (χ3v) is 5.86. The molecular weight excluding hydrogens is 401 g/mol. The Balaban J connectivity index is 0.00000192. The maximum Gasteiger partial charge on any atom is 0.194 e. The van der Waals surface area contributed by atoms with Crippen LogP contribution in [-0.2, 0) is 4.74 Å². The highest BCUT2D eigenvalue weighted by molar-refractivity contribution is 14.0. The number of piperidine rings is 1. The van der Waals surface area contributed by atoms with Gasteiger partial charge in [0.2, 0.25) is 0 Å². The molecule has 5 atom stereocenters. The van der Waals surface area contributed by atoms with Crippen molar-refractivity contribution in [2.24, 2.45) is 28.2 Å². The summed E-state index contributed by atoms with van der Waals surface area (Å²) in [5.74, 6) is 3.30. The Bertz CT molecular complexity index is 430. The molecule has 5 heteroatoms. The lowest BCUT2D eigenvalue weighted by atomic mass is 9.57. The van der Waals surface area contributed by atoms with Crippen LogP contribution in [0.4, 0.5) is 0 Å². The highest BCUT2D eigenvalue weighted by Crippen LogP contribution is 2.52. The van der Waals surface area contributed by atoms with E-state index in [0.717, 1.165) is 44.0 Å². The van der Waals surface area contributed by atoms with E-state index in [1.165, 1.54) is 12.8 Å². The molecular formula is C18H34IN3O. The summed E-state index contributed by atoms with van der Waals surface area (Å²) in [5.41, 5.74) is 0.211. The fourth-order valence-corrected chi connectivity index (χ4v) is 4.98. The van der Waals surface area contributed by atoms with Gasteiger partial charge in [0, 0.05) is 43.6 Å². The van der Waals surface area contributed by atoms with E-state index < -0.39 is 0 Å². The Kier molecular flexibility index (Phi) is 6.26. The van der Waals surface area contributed by atoms with E-state index in [4.69, 9.17) is 9.73 Å². The maximum atomic E-state index is 5.93. The van der Waals surface area contributed by atoms with Crippen LogP contribution in [0.25, 0.3) is 0 Å². The van der Waals surface area contributed by atoms with Gasteiger partial charge >= 0.3 is 0 Å². The fourth-order valence-electron chi connectivity index (χ4n) is 4.98. The van der Waals surface area contributed by atoms with Crippen LogP contribution in [0.15, 0.2) is 4.99 Å². The van der Waals surface area contributed by atoms with Gasteiger partial charge in [-0.1, -0.05) is 27.7 Å². The van der Waals surface area contributed by atoms with Crippen LogP contribution in [0.1, 0.15) is 47.5 Å². The molecule has 0 radical (unpaired) electrons. The number of rotatable bonds is 2. The van der Waals surface area contributed by atoms with Gasteiger partial charge in [0.15, 0.2) is 5.96 Å². The molecule has 0 aromatic rings. The molecule has 0 amide bonds. The number of guanidine groups is 1. The van der Waals surface area contributed by atoms with Crippen molar-refractivity contribution < 1.29 is 4.74 Å². The zero-order valence-corrected chi connectivity index (χ0v) is 17.7. The van der Waals surface area contributed by atoms with E-state index in [0.29, 0.717) is 18.1 Å². The first-order chi connectivity index (χ1) is 10.4. The fraction of sp³-hybridized carbons (Fsp3) is 0.944. The van der Waals surface area contributed by atoms with Gasteiger partial charge in [0.05, 0.1) is 6.10 Å². The molecule has 3 aliphatic rings. The van der Waals surface area contributed by atoms with E-state index in [1.54, 1.807) is 0 Å². The van der Waals surface area contributed by atoms with E-state index >= 15 is 0 Å². The number of halogens is 1. The molecule has 23 heavy (non-hydrogen) atoms. The van der Waals surface area contributed by atoms with Crippen LogP contribution in [0.2, 0.25) is 0 Å². The van der Waals surface area contributed by atoms with Crippen LogP contribution in [-0.4, -0.2) is 49.2 Å². The van der Waals surface area contributed by atoms with Crippen molar-refractivity contribution in [3.05, 3.63) is 0 Å². The van der Waals surface area contributed by atoms with Gasteiger partial charge in [-0.2, -0.15) is 0 Å². The van der Waals surface area contributed by atoms with E-state index in [2.05, 4.69) is 44.8 Å². The second-order valence-corrected chi connectivity index (χ2v) is 8.34. The largest absolute Gasteiger partial charge is 0.377 e. The summed E-state index contributed by atoms with van der Waals surface area (Å²) < 4.78 is 5.93. The van der Waals surface area contributed by atoms with Gasteiger partial charge in [-0.3, -0.25) is 4.99 Å². The molecule has 1 aliphatic carbocycles. The van der Waals surface area contributed by atoms with Gasteiger partial charge in [0.1, 0.15) is 0 Å². The first-order valence-electron chi connectivity index (χ1n) is 9.11. The van der Waals surface area contributed by atoms with Crippen molar-refractivity contribution in [1.82, 2.24) is 10.2 Å². The number of hydrogen-bond acceptors (Lipinski definition) is 2. The molecule has 2 aliphatic heterocycles. The van der Waals surface area contributed by atoms with Gasteiger partial charge in [-0.25, -0.2) is 0 Å². The maximum absolute atomic E-state index is 5.93. The Morgan fingerprint density at radius 3 is 2.52 bits per heavy atom. The number of hydrogen-bond donors (Lipinski definition) is 1. The van der Waals surface area contributed by atoms with Crippen molar-refractivity contribution >= 4 is 29.9 Å². The zero-order valence-electron chi connectivity index (χ0n) is 15.3. The summed E-state index contributed by atoms with van der Waals surface area (Å²) in [4.78, 5) is 7.30. The lowest BCUT2D eigenvalue weighted by Gasteiger charge is -2.55. The summed E-state index contributed by atoms with van der Waals surface area (Å²) in [6.07, 6.45) is 2.97. The molecule has 4 nitrogen and oxygen atoms in total. The summed E-state index contributed by atoms with van der Waals surface area (Å²) >= 11 is 0. The first kappa shape index (κ1) is 19.3. The standard InChI is InChI=1S/C18H33N3O.HI/c1-6-19-17(21-10-12(2)9-13(3)11-21)20-15-14-7-8-22-16(14)18(15,4)5;/h12-16H,6-11H2,1-5H3,(H,19,20);1H. The Morgan fingerprint density at radius 2 is 1.91 bits per heavy atom. The monoisotopic (exact) mass is 435 g/mol. The van der Waals surface area contributed by atoms with Gasteiger partial charge in [-0.15, -0.1) is 24.0 Å². The molecule has 2 saturated heterocycles. The zero-order chi connectivity index (χ0) is 15.9. The second kappa shape index (κ2) is 7.46. The molecule has 2 heterocycles. The van der Waals surface area contributed by atoms with Crippen LogP contribution >= 0.6 is 24.0 Å². The van der Waals surface area contributed by atoms with E-state index in [-0.39, 0.29) is 29.4 Å². The van der Waals surface area contributed by atoms with Crippen molar-refractivity contribution in [2.45, 2.75) is 59.6 Å². The molecule has 1 saturated carbocycles. The van der Waals surface area contributed by atoms with Crippen molar-refractivity contribution in [3.8, 4) is 0 Å². The number of aliphatic imine (C=N–C) groups is 1. The highest BCUT2D eigenvalue weighted by atomic mass is 127. The predicted molar refractivity (Wildman–Crippen MR) is 106 cm³/mol. The molecule has 0 bridgehead atoms. The Labute approximate surface area is 158 Å². The lowest BCUT2D eigenvalue weighted by molar-refractivity contribution is -0.107. The van der Waals surface area contributed by atoms with Crippen LogP contribution < -0.4 is 5.32 Å². The van der Waals surface area contributed by atoms with Crippen LogP contribution in [0.3, 0.4) is 0 Å². The van der Waals surface area contributed by atoms with Gasteiger partial charge < -0.3 is 15.0 Å².